The van der Waals surface area contributed by atoms with Crippen LogP contribution in [0.4, 0.5) is 5.69 Å². The number of methoxy groups -OCH3 is 2. The first-order valence-corrected chi connectivity index (χ1v) is 7.90. The SMILES string of the molecule is COc1ccc(NC(=S)N[C@H]2C[C@H]3CC[C@@H]2C3)c(OC)c1. The third kappa shape index (κ3) is 3.07. The van der Waals surface area contributed by atoms with Gasteiger partial charge in [0.2, 0.25) is 0 Å². The molecule has 2 fully saturated rings. The normalized spacial score (nSPS) is 26.5. The Morgan fingerprint density at radius 2 is 2.05 bits per heavy atom. The van der Waals surface area contributed by atoms with Gasteiger partial charge in [-0.25, -0.2) is 0 Å². The van der Waals surface area contributed by atoms with Crippen molar-refractivity contribution in [1.29, 1.82) is 0 Å². The molecule has 4 nitrogen and oxygen atoms in total. The van der Waals surface area contributed by atoms with Crippen LogP contribution in [0.5, 0.6) is 11.5 Å². The number of fused-ring (bicyclic) bond motifs is 2. The number of thiocarbonyl (C=S) groups is 1. The molecule has 0 spiro atoms. The number of rotatable bonds is 4. The van der Waals surface area contributed by atoms with Crippen molar-refractivity contribution in [3.8, 4) is 11.5 Å². The Labute approximate surface area is 131 Å². The molecule has 114 valence electrons. The Bertz CT molecular complexity index is 535. The molecular weight excluding hydrogens is 284 g/mol. The molecule has 2 saturated carbocycles. The predicted molar refractivity (Wildman–Crippen MR) is 88.1 cm³/mol. The van der Waals surface area contributed by atoms with Gasteiger partial charge in [-0.05, 0) is 55.4 Å². The Morgan fingerprint density at radius 1 is 1.19 bits per heavy atom. The zero-order chi connectivity index (χ0) is 14.8. The fourth-order valence-electron chi connectivity index (χ4n) is 3.65. The maximum atomic E-state index is 5.45. The number of benzene rings is 1. The molecule has 5 heteroatoms. The molecule has 2 bridgehead atoms. The van der Waals surface area contributed by atoms with Crippen molar-refractivity contribution in [3.05, 3.63) is 18.2 Å². The molecule has 2 aliphatic carbocycles. The summed E-state index contributed by atoms with van der Waals surface area (Å²) in [6, 6.07) is 6.20. The zero-order valence-electron chi connectivity index (χ0n) is 12.5. The van der Waals surface area contributed by atoms with E-state index in [4.69, 9.17) is 21.7 Å². The summed E-state index contributed by atoms with van der Waals surface area (Å²) < 4.78 is 10.6. The van der Waals surface area contributed by atoms with Crippen molar-refractivity contribution in [2.24, 2.45) is 11.8 Å². The van der Waals surface area contributed by atoms with Gasteiger partial charge in [0.15, 0.2) is 5.11 Å². The summed E-state index contributed by atoms with van der Waals surface area (Å²) in [5.41, 5.74) is 0.860. The third-order valence-electron chi connectivity index (χ3n) is 4.71. The standard InChI is InChI=1S/C16H22N2O2S/c1-19-12-5-6-13(15(9-12)20-2)17-16(21)18-14-8-10-3-4-11(14)7-10/h5-6,9-11,14H,3-4,7-8H2,1-2H3,(H2,17,18,21)/t10-,11+,14-/m0/s1. The molecular formula is C16H22N2O2S. The number of hydrogen-bond donors (Lipinski definition) is 2. The van der Waals surface area contributed by atoms with Crippen molar-refractivity contribution in [3.63, 3.8) is 0 Å². The molecule has 1 aromatic carbocycles. The number of nitrogens with one attached hydrogen (secondary N) is 2. The van der Waals surface area contributed by atoms with Crippen LogP contribution in [0, 0.1) is 11.8 Å². The van der Waals surface area contributed by atoms with Gasteiger partial charge >= 0.3 is 0 Å². The molecule has 3 atom stereocenters. The fraction of sp³-hybridized carbons (Fsp3) is 0.562. The average molecular weight is 306 g/mol. The highest BCUT2D eigenvalue weighted by atomic mass is 32.1. The van der Waals surface area contributed by atoms with E-state index in [9.17, 15) is 0 Å². The van der Waals surface area contributed by atoms with Gasteiger partial charge < -0.3 is 20.1 Å². The van der Waals surface area contributed by atoms with Gasteiger partial charge in [-0.1, -0.05) is 6.42 Å². The van der Waals surface area contributed by atoms with E-state index in [0.717, 1.165) is 29.0 Å². The Kier molecular flexibility index (Phi) is 4.19. The lowest BCUT2D eigenvalue weighted by Gasteiger charge is -2.25. The van der Waals surface area contributed by atoms with Crippen LogP contribution in [0.3, 0.4) is 0 Å². The van der Waals surface area contributed by atoms with Crippen LogP contribution in [0.2, 0.25) is 0 Å². The monoisotopic (exact) mass is 306 g/mol. The second-order valence-corrected chi connectivity index (χ2v) is 6.35. The Balaban J connectivity index is 1.62. The van der Waals surface area contributed by atoms with E-state index >= 15 is 0 Å². The van der Waals surface area contributed by atoms with Crippen molar-refractivity contribution in [2.45, 2.75) is 31.7 Å². The van der Waals surface area contributed by atoms with Crippen molar-refractivity contribution in [1.82, 2.24) is 5.32 Å². The Morgan fingerprint density at radius 3 is 2.67 bits per heavy atom. The highest BCUT2D eigenvalue weighted by Gasteiger charge is 2.39. The van der Waals surface area contributed by atoms with Crippen LogP contribution in [-0.4, -0.2) is 25.4 Å². The van der Waals surface area contributed by atoms with E-state index in [1.54, 1.807) is 14.2 Å². The minimum atomic E-state index is 0.535. The molecule has 0 unspecified atom stereocenters. The maximum Gasteiger partial charge on any atom is 0.171 e. The highest BCUT2D eigenvalue weighted by molar-refractivity contribution is 7.80. The summed E-state index contributed by atoms with van der Waals surface area (Å²) in [5, 5.41) is 7.39. The quantitative estimate of drug-likeness (QED) is 0.836. The third-order valence-corrected chi connectivity index (χ3v) is 4.93. The van der Waals surface area contributed by atoms with Crippen LogP contribution in [0.15, 0.2) is 18.2 Å². The lowest BCUT2D eigenvalue weighted by Crippen LogP contribution is -2.40. The van der Waals surface area contributed by atoms with E-state index in [2.05, 4.69) is 10.6 Å². The number of anilines is 1. The van der Waals surface area contributed by atoms with E-state index in [1.807, 2.05) is 18.2 Å². The van der Waals surface area contributed by atoms with Crippen LogP contribution in [0.1, 0.15) is 25.7 Å². The molecule has 0 radical (unpaired) electrons. The van der Waals surface area contributed by atoms with Crippen molar-refractivity contribution >= 4 is 23.0 Å². The molecule has 1 aromatic rings. The number of hydrogen-bond acceptors (Lipinski definition) is 3. The fourth-order valence-corrected chi connectivity index (χ4v) is 3.91. The van der Waals surface area contributed by atoms with E-state index in [0.29, 0.717) is 11.2 Å². The van der Waals surface area contributed by atoms with Crippen molar-refractivity contribution < 1.29 is 9.47 Å². The second-order valence-electron chi connectivity index (χ2n) is 5.95. The summed E-state index contributed by atoms with van der Waals surface area (Å²) in [7, 11) is 3.29. The summed E-state index contributed by atoms with van der Waals surface area (Å²) in [5.74, 6) is 3.20. The summed E-state index contributed by atoms with van der Waals surface area (Å²) in [6.45, 7) is 0. The van der Waals surface area contributed by atoms with Crippen LogP contribution >= 0.6 is 12.2 Å². The van der Waals surface area contributed by atoms with Crippen LogP contribution < -0.4 is 20.1 Å². The molecule has 0 amide bonds. The van der Waals surface area contributed by atoms with Gasteiger partial charge in [-0.15, -0.1) is 0 Å². The molecule has 0 heterocycles. The number of ether oxygens (including phenoxy) is 2. The average Bonchev–Trinajstić information content (AvgIpc) is 3.10. The summed E-state index contributed by atoms with van der Waals surface area (Å²) >= 11 is 5.45. The van der Waals surface area contributed by atoms with Gasteiger partial charge in [-0.3, -0.25) is 0 Å². The van der Waals surface area contributed by atoms with E-state index in [1.165, 1.54) is 25.7 Å². The molecule has 2 aliphatic rings. The first-order chi connectivity index (χ1) is 10.2. The summed E-state index contributed by atoms with van der Waals surface area (Å²) in [6.07, 6.45) is 5.37. The topological polar surface area (TPSA) is 42.5 Å². The lowest BCUT2D eigenvalue weighted by atomic mass is 9.96. The van der Waals surface area contributed by atoms with Gasteiger partial charge in [0.05, 0.1) is 19.9 Å². The van der Waals surface area contributed by atoms with Gasteiger partial charge in [0.25, 0.3) is 0 Å². The first-order valence-electron chi connectivity index (χ1n) is 7.49. The van der Waals surface area contributed by atoms with E-state index < -0.39 is 0 Å². The highest BCUT2D eigenvalue weighted by Crippen LogP contribution is 2.44. The maximum absolute atomic E-state index is 5.45. The smallest absolute Gasteiger partial charge is 0.171 e. The molecule has 2 N–H and O–H groups in total. The first kappa shape index (κ1) is 14.4. The molecule has 3 rings (SSSR count). The molecule has 0 aromatic heterocycles. The van der Waals surface area contributed by atoms with Crippen molar-refractivity contribution in [2.75, 3.05) is 19.5 Å². The van der Waals surface area contributed by atoms with E-state index in [-0.39, 0.29) is 0 Å². The largest absolute Gasteiger partial charge is 0.497 e. The van der Waals surface area contributed by atoms with Gasteiger partial charge in [-0.2, -0.15) is 0 Å². The lowest BCUT2D eigenvalue weighted by molar-refractivity contribution is 0.391. The summed E-state index contributed by atoms with van der Waals surface area (Å²) in [4.78, 5) is 0. The molecule has 0 aliphatic heterocycles. The van der Waals surface area contributed by atoms with Gasteiger partial charge in [0, 0.05) is 12.1 Å². The second kappa shape index (κ2) is 6.10. The predicted octanol–water partition coefficient (Wildman–Crippen LogP) is 3.18. The zero-order valence-corrected chi connectivity index (χ0v) is 13.3. The van der Waals surface area contributed by atoms with Crippen LogP contribution in [-0.2, 0) is 0 Å². The minimum Gasteiger partial charge on any atom is -0.497 e. The van der Waals surface area contributed by atoms with Gasteiger partial charge in [0.1, 0.15) is 11.5 Å². The minimum absolute atomic E-state index is 0.535. The Hall–Kier alpha value is -1.49. The molecule has 0 saturated heterocycles. The van der Waals surface area contributed by atoms with Crippen LogP contribution in [0.25, 0.3) is 0 Å². The molecule has 21 heavy (non-hydrogen) atoms.